The Kier molecular flexibility index (Phi) is 4.41. The molecular formula is C16H17N5O2S. The Morgan fingerprint density at radius 1 is 1.42 bits per heavy atom. The fourth-order valence-corrected chi connectivity index (χ4v) is 3.38. The summed E-state index contributed by atoms with van der Waals surface area (Å²) in [6.07, 6.45) is 3.35. The van der Waals surface area contributed by atoms with Crippen molar-refractivity contribution in [2.45, 2.75) is 19.9 Å². The zero-order valence-corrected chi connectivity index (χ0v) is 14.1. The predicted octanol–water partition coefficient (Wildman–Crippen LogP) is 1.63. The number of carbonyl (C=O) groups is 1. The van der Waals surface area contributed by atoms with Crippen molar-refractivity contribution < 1.29 is 9.90 Å². The lowest BCUT2D eigenvalue weighted by Gasteiger charge is -2.15. The number of primary amides is 1. The zero-order valence-electron chi connectivity index (χ0n) is 13.3. The third-order valence-corrected chi connectivity index (χ3v) is 4.89. The lowest BCUT2D eigenvalue weighted by Crippen LogP contribution is -2.38. The summed E-state index contributed by atoms with van der Waals surface area (Å²) in [5, 5.41) is 13.2. The number of rotatable bonds is 5. The van der Waals surface area contributed by atoms with E-state index in [-0.39, 0.29) is 0 Å². The minimum absolute atomic E-state index is 0.411. The van der Waals surface area contributed by atoms with E-state index < -0.39 is 18.6 Å². The summed E-state index contributed by atoms with van der Waals surface area (Å²) in [5.41, 5.74) is 7.13. The van der Waals surface area contributed by atoms with Gasteiger partial charge in [-0.3, -0.25) is 9.78 Å². The average Bonchev–Trinajstić information content (AvgIpc) is 2.87. The Labute approximate surface area is 142 Å². The number of aliphatic hydroxyl groups excluding tert-OH is 1. The van der Waals surface area contributed by atoms with Crippen molar-refractivity contribution in [3.63, 3.8) is 0 Å². The van der Waals surface area contributed by atoms with Crippen LogP contribution in [0.1, 0.15) is 10.4 Å². The van der Waals surface area contributed by atoms with Gasteiger partial charge >= 0.3 is 0 Å². The van der Waals surface area contributed by atoms with E-state index in [0.29, 0.717) is 11.6 Å². The van der Waals surface area contributed by atoms with Crippen LogP contribution in [0, 0.1) is 13.8 Å². The molecule has 0 saturated heterocycles. The highest BCUT2D eigenvalue weighted by Gasteiger charge is 2.20. The number of nitrogens with two attached hydrogens (primary N) is 1. The number of aromatic nitrogens is 3. The van der Waals surface area contributed by atoms with Crippen LogP contribution in [0.4, 0.5) is 5.82 Å². The van der Waals surface area contributed by atoms with E-state index in [1.807, 2.05) is 19.9 Å². The maximum absolute atomic E-state index is 11.5. The summed E-state index contributed by atoms with van der Waals surface area (Å²) in [6, 6.07) is 2.76. The topological polar surface area (TPSA) is 114 Å². The van der Waals surface area contributed by atoms with Crippen molar-refractivity contribution in [1.82, 2.24) is 15.0 Å². The molecule has 0 aliphatic rings. The van der Waals surface area contributed by atoms with E-state index >= 15 is 0 Å². The maximum atomic E-state index is 11.5. The highest BCUT2D eigenvalue weighted by Crippen LogP contribution is 2.35. The monoisotopic (exact) mass is 343 g/mol. The Balaban J connectivity index is 2.19. The normalized spacial score (nSPS) is 12.3. The van der Waals surface area contributed by atoms with Crippen LogP contribution in [-0.2, 0) is 4.79 Å². The van der Waals surface area contributed by atoms with Gasteiger partial charge in [0.1, 0.15) is 16.7 Å². The lowest BCUT2D eigenvalue weighted by atomic mass is 10.2. The van der Waals surface area contributed by atoms with Gasteiger partial charge in [0.25, 0.3) is 0 Å². The van der Waals surface area contributed by atoms with E-state index in [2.05, 4.69) is 20.3 Å². The molecule has 0 aliphatic carbocycles. The molecule has 24 heavy (non-hydrogen) atoms. The van der Waals surface area contributed by atoms with E-state index in [1.165, 1.54) is 0 Å². The summed E-state index contributed by atoms with van der Waals surface area (Å²) < 4.78 is 0. The quantitative estimate of drug-likeness (QED) is 0.649. The number of amides is 1. The second kappa shape index (κ2) is 6.50. The second-order valence-corrected chi connectivity index (χ2v) is 6.59. The van der Waals surface area contributed by atoms with Gasteiger partial charge in [-0.05, 0) is 31.5 Å². The average molecular weight is 343 g/mol. The largest absolute Gasteiger partial charge is 0.394 e. The number of carbonyl (C=O) groups excluding carboxylic acids is 1. The number of hydrogen-bond donors (Lipinski definition) is 3. The molecule has 0 bridgehead atoms. The molecular weight excluding hydrogens is 326 g/mol. The first-order valence-corrected chi connectivity index (χ1v) is 8.17. The summed E-state index contributed by atoms with van der Waals surface area (Å²) >= 11 is 1.55. The third kappa shape index (κ3) is 2.93. The fourth-order valence-electron chi connectivity index (χ4n) is 2.35. The van der Waals surface area contributed by atoms with Gasteiger partial charge in [-0.1, -0.05) is 0 Å². The molecule has 1 atom stereocenters. The van der Waals surface area contributed by atoms with Crippen molar-refractivity contribution in [3.8, 4) is 11.4 Å². The maximum Gasteiger partial charge on any atom is 0.242 e. The molecule has 0 radical (unpaired) electrons. The third-order valence-electron chi connectivity index (χ3n) is 3.79. The van der Waals surface area contributed by atoms with Gasteiger partial charge in [0.15, 0.2) is 5.82 Å². The number of nitrogens with zero attached hydrogens (tertiary/aromatic N) is 3. The van der Waals surface area contributed by atoms with Crippen LogP contribution in [0.25, 0.3) is 21.6 Å². The van der Waals surface area contributed by atoms with Crippen LogP contribution >= 0.6 is 11.3 Å². The molecule has 4 N–H and O–H groups in total. The smallest absolute Gasteiger partial charge is 0.242 e. The summed E-state index contributed by atoms with van der Waals surface area (Å²) in [5.74, 6) is 0.343. The molecule has 7 nitrogen and oxygen atoms in total. The summed E-state index contributed by atoms with van der Waals surface area (Å²) in [7, 11) is 0. The highest BCUT2D eigenvalue weighted by molar-refractivity contribution is 7.18. The van der Waals surface area contributed by atoms with Crippen molar-refractivity contribution in [3.05, 3.63) is 35.0 Å². The second-order valence-electron chi connectivity index (χ2n) is 5.38. The molecule has 124 valence electrons. The van der Waals surface area contributed by atoms with Crippen molar-refractivity contribution >= 4 is 33.3 Å². The van der Waals surface area contributed by atoms with Crippen molar-refractivity contribution in [2.75, 3.05) is 11.9 Å². The Hall–Kier alpha value is -2.58. The van der Waals surface area contributed by atoms with Gasteiger partial charge in [0.05, 0.1) is 12.0 Å². The number of hydrogen-bond acceptors (Lipinski definition) is 7. The standard InChI is InChI=1S/C16H17N5O2S/c1-8-9(2)24-16-12(8)15(19-11(7-22)13(17)23)20-14(21-16)10-4-3-5-18-6-10/h3-6,11,22H,7H2,1-2H3,(H2,17,23)(H,19,20,21)/t11-/m0/s1. The van der Waals surface area contributed by atoms with E-state index in [0.717, 1.165) is 26.2 Å². The summed E-state index contributed by atoms with van der Waals surface area (Å²) in [6.45, 7) is 3.57. The van der Waals surface area contributed by atoms with Crippen LogP contribution in [0.3, 0.4) is 0 Å². The molecule has 3 heterocycles. The Bertz CT molecular complexity index is 894. The molecule has 0 spiro atoms. The zero-order chi connectivity index (χ0) is 17.3. The van der Waals surface area contributed by atoms with Crippen LogP contribution < -0.4 is 11.1 Å². The molecule has 0 saturated carbocycles. The molecule has 1 amide bonds. The minimum Gasteiger partial charge on any atom is -0.394 e. The van der Waals surface area contributed by atoms with E-state index in [4.69, 9.17) is 5.73 Å². The van der Waals surface area contributed by atoms with Gasteiger partial charge < -0.3 is 16.2 Å². The Morgan fingerprint density at radius 3 is 2.83 bits per heavy atom. The molecule has 0 aromatic carbocycles. The molecule has 8 heteroatoms. The van der Waals surface area contributed by atoms with Crippen LogP contribution in [0.5, 0.6) is 0 Å². The first kappa shape index (κ1) is 16.3. The first-order chi connectivity index (χ1) is 11.5. The molecule has 0 unspecified atom stereocenters. The number of aliphatic hydroxyl groups is 1. The fraction of sp³-hybridized carbons (Fsp3) is 0.250. The van der Waals surface area contributed by atoms with Gasteiger partial charge in [0.2, 0.25) is 5.91 Å². The number of thiophene rings is 1. The number of pyridine rings is 1. The lowest BCUT2D eigenvalue weighted by molar-refractivity contribution is -0.119. The van der Waals surface area contributed by atoms with Gasteiger partial charge in [0, 0.05) is 22.8 Å². The first-order valence-electron chi connectivity index (χ1n) is 7.36. The molecule has 0 aliphatic heterocycles. The molecule has 3 rings (SSSR count). The van der Waals surface area contributed by atoms with E-state index in [9.17, 15) is 9.90 Å². The number of aryl methyl sites for hydroxylation is 2. The molecule has 3 aromatic rings. The number of fused-ring (bicyclic) bond motifs is 1. The minimum atomic E-state index is -0.913. The van der Waals surface area contributed by atoms with Crippen molar-refractivity contribution in [2.24, 2.45) is 5.73 Å². The van der Waals surface area contributed by atoms with Gasteiger partial charge in [-0.25, -0.2) is 9.97 Å². The molecule has 3 aromatic heterocycles. The Morgan fingerprint density at radius 2 is 2.21 bits per heavy atom. The van der Waals surface area contributed by atoms with Crippen molar-refractivity contribution in [1.29, 1.82) is 0 Å². The van der Waals surface area contributed by atoms with Gasteiger partial charge in [-0.2, -0.15) is 0 Å². The van der Waals surface area contributed by atoms with Crippen LogP contribution in [-0.4, -0.2) is 38.6 Å². The SMILES string of the molecule is Cc1sc2nc(-c3cccnc3)nc(N[C@@H](CO)C(N)=O)c2c1C. The van der Waals surface area contributed by atoms with E-state index in [1.54, 1.807) is 29.8 Å². The number of nitrogens with one attached hydrogen (secondary N) is 1. The number of anilines is 1. The van der Waals surface area contributed by atoms with Crippen LogP contribution in [0.15, 0.2) is 24.5 Å². The summed E-state index contributed by atoms with van der Waals surface area (Å²) in [4.78, 5) is 26.6. The molecule has 0 fully saturated rings. The van der Waals surface area contributed by atoms with Crippen LogP contribution in [0.2, 0.25) is 0 Å². The van der Waals surface area contributed by atoms with Gasteiger partial charge in [-0.15, -0.1) is 11.3 Å². The predicted molar refractivity (Wildman–Crippen MR) is 93.8 cm³/mol. The highest BCUT2D eigenvalue weighted by atomic mass is 32.1.